The highest BCUT2D eigenvalue weighted by Crippen LogP contribution is 2.42. The molecule has 7 heteroatoms. The number of rotatable bonds is 5. The van der Waals surface area contributed by atoms with Crippen molar-refractivity contribution >= 4 is 15.9 Å². The van der Waals surface area contributed by atoms with Crippen molar-refractivity contribution in [2.45, 2.75) is 37.4 Å². The maximum absolute atomic E-state index is 12.3. The zero-order valence-corrected chi connectivity index (χ0v) is 13.4. The summed E-state index contributed by atoms with van der Waals surface area (Å²) in [6.07, 6.45) is 3.79. The molecule has 2 saturated heterocycles. The van der Waals surface area contributed by atoms with Gasteiger partial charge in [0.2, 0.25) is 15.9 Å². The van der Waals surface area contributed by atoms with Gasteiger partial charge in [0.25, 0.3) is 0 Å². The maximum Gasteiger partial charge on any atom is 0.223 e. The van der Waals surface area contributed by atoms with Gasteiger partial charge in [-0.1, -0.05) is 0 Å². The highest BCUT2D eigenvalue weighted by molar-refractivity contribution is 7.90. The first kappa shape index (κ1) is 15.2. The van der Waals surface area contributed by atoms with Crippen molar-refractivity contribution in [2.75, 3.05) is 39.9 Å². The normalized spacial score (nSPS) is 26.7. The van der Waals surface area contributed by atoms with Gasteiger partial charge in [0.05, 0.1) is 11.9 Å². The van der Waals surface area contributed by atoms with E-state index in [1.54, 1.807) is 11.4 Å². The van der Waals surface area contributed by atoms with Gasteiger partial charge in [-0.2, -0.15) is 0 Å². The molecular weight excluding hydrogens is 292 g/mol. The van der Waals surface area contributed by atoms with Crippen LogP contribution in [-0.4, -0.2) is 68.7 Å². The van der Waals surface area contributed by atoms with Gasteiger partial charge >= 0.3 is 0 Å². The van der Waals surface area contributed by atoms with Crippen LogP contribution in [-0.2, 0) is 19.6 Å². The van der Waals surface area contributed by atoms with Crippen molar-refractivity contribution in [3.8, 4) is 0 Å². The number of carbonyl (C=O) groups is 1. The first-order valence-corrected chi connectivity index (χ1v) is 9.23. The van der Waals surface area contributed by atoms with Crippen molar-refractivity contribution in [2.24, 2.45) is 5.41 Å². The van der Waals surface area contributed by atoms with Gasteiger partial charge in [0.1, 0.15) is 0 Å². The lowest BCUT2D eigenvalue weighted by atomic mass is 9.78. The molecule has 21 heavy (non-hydrogen) atoms. The van der Waals surface area contributed by atoms with Gasteiger partial charge < -0.3 is 9.64 Å². The Labute approximate surface area is 126 Å². The zero-order valence-electron chi connectivity index (χ0n) is 12.6. The predicted octanol–water partition coefficient (Wildman–Crippen LogP) is 0.440. The molecule has 0 aromatic rings. The molecule has 0 bridgehead atoms. The number of sulfonamides is 1. The smallest absolute Gasteiger partial charge is 0.223 e. The lowest BCUT2D eigenvalue weighted by molar-refractivity contribution is -0.128. The second-order valence-electron chi connectivity index (χ2n) is 6.63. The highest BCUT2D eigenvalue weighted by atomic mass is 32.2. The molecule has 1 amide bonds. The fraction of sp³-hybridized carbons (Fsp3) is 0.929. The summed E-state index contributed by atoms with van der Waals surface area (Å²) in [4.78, 5) is 14.0. The van der Waals surface area contributed by atoms with E-state index in [-0.39, 0.29) is 16.6 Å². The minimum atomic E-state index is -3.06. The largest absolute Gasteiger partial charge is 0.383 e. The molecule has 0 radical (unpaired) electrons. The standard InChI is InChI=1S/C14H24N2O4S/c1-20-9-8-15-11-14(10-13(15)17)4-6-16(7-5-14)21(18,19)12-2-3-12/h12H,2-11H2,1H3. The van der Waals surface area contributed by atoms with Crippen LogP contribution >= 0.6 is 0 Å². The molecule has 0 unspecified atom stereocenters. The molecule has 0 atom stereocenters. The topological polar surface area (TPSA) is 66.9 Å². The van der Waals surface area contributed by atoms with Crippen LogP contribution in [0, 0.1) is 5.41 Å². The Bertz CT molecular complexity index is 507. The Hall–Kier alpha value is -0.660. The molecule has 0 N–H and O–H groups in total. The number of piperidine rings is 1. The molecular formula is C14H24N2O4S. The minimum absolute atomic E-state index is 0.0135. The monoisotopic (exact) mass is 316 g/mol. The molecule has 2 aliphatic heterocycles. The number of ether oxygens (including phenoxy) is 1. The first-order chi connectivity index (χ1) is 9.97. The number of carbonyl (C=O) groups excluding carboxylic acids is 1. The van der Waals surface area contributed by atoms with Crippen LogP contribution < -0.4 is 0 Å². The van der Waals surface area contributed by atoms with Gasteiger partial charge in [-0.25, -0.2) is 12.7 Å². The molecule has 120 valence electrons. The Morgan fingerprint density at radius 3 is 2.52 bits per heavy atom. The van der Waals surface area contributed by atoms with E-state index in [1.807, 2.05) is 4.90 Å². The van der Waals surface area contributed by atoms with Crippen LogP contribution in [0.3, 0.4) is 0 Å². The van der Waals surface area contributed by atoms with Crippen molar-refractivity contribution in [1.29, 1.82) is 0 Å². The number of amides is 1. The van der Waals surface area contributed by atoms with Crippen molar-refractivity contribution in [3.05, 3.63) is 0 Å². The maximum atomic E-state index is 12.3. The lowest BCUT2D eigenvalue weighted by Gasteiger charge is -2.38. The van der Waals surface area contributed by atoms with Crippen LogP contribution in [0.1, 0.15) is 32.1 Å². The number of likely N-dealkylation sites (tertiary alicyclic amines) is 1. The Morgan fingerprint density at radius 1 is 1.29 bits per heavy atom. The molecule has 0 aromatic heterocycles. The summed E-state index contributed by atoms with van der Waals surface area (Å²) in [5.74, 6) is 0.186. The molecule has 1 spiro atoms. The van der Waals surface area contributed by atoms with E-state index in [0.717, 1.165) is 32.2 Å². The minimum Gasteiger partial charge on any atom is -0.383 e. The van der Waals surface area contributed by atoms with Crippen LogP contribution in [0.4, 0.5) is 0 Å². The van der Waals surface area contributed by atoms with Crippen molar-refractivity contribution in [1.82, 2.24) is 9.21 Å². The average molecular weight is 316 g/mol. The quantitative estimate of drug-likeness (QED) is 0.738. The number of methoxy groups -OCH3 is 1. The van der Waals surface area contributed by atoms with Crippen LogP contribution in [0.5, 0.6) is 0 Å². The molecule has 6 nitrogen and oxygen atoms in total. The molecule has 1 saturated carbocycles. The van der Waals surface area contributed by atoms with Crippen LogP contribution in [0.25, 0.3) is 0 Å². The fourth-order valence-electron chi connectivity index (χ4n) is 3.51. The molecule has 0 aromatic carbocycles. The van der Waals surface area contributed by atoms with E-state index in [9.17, 15) is 13.2 Å². The third kappa shape index (κ3) is 2.96. The average Bonchev–Trinajstić information content (AvgIpc) is 3.25. The Kier molecular flexibility index (Phi) is 4.00. The number of hydrogen-bond acceptors (Lipinski definition) is 4. The molecule has 2 heterocycles. The van der Waals surface area contributed by atoms with Crippen LogP contribution in [0.2, 0.25) is 0 Å². The van der Waals surface area contributed by atoms with E-state index in [2.05, 4.69) is 0 Å². The molecule has 1 aliphatic carbocycles. The van der Waals surface area contributed by atoms with Gasteiger partial charge in [0.15, 0.2) is 0 Å². The van der Waals surface area contributed by atoms with Gasteiger partial charge in [-0.05, 0) is 31.1 Å². The van der Waals surface area contributed by atoms with Gasteiger partial charge in [-0.15, -0.1) is 0 Å². The van der Waals surface area contributed by atoms with Crippen LogP contribution in [0.15, 0.2) is 0 Å². The van der Waals surface area contributed by atoms with E-state index >= 15 is 0 Å². The summed E-state index contributed by atoms with van der Waals surface area (Å²) in [5.41, 5.74) is -0.0135. The zero-order chi connectivity index (χ0) is 15.1. The third-order valence-corrected chi connectivity index (χ3v) is 7.46. The predicted molar refractivity (Wildman–Crippen MR) is 78.3 cm³/mol. The number of hydrogen-bond donors (Lipinski definition) is 0. The van der Waals surface area contributed by atoms with Gasteiger partial charge in [0, 0.05) is 39.7 Å². The fourth-order valence-corrected chi connectivity index (χ4v) is 5.36. The van der Waals surface area contributed by atoms with E-state index in [0.29, 0.717) is 32.7 Å². The van der Waals surface area contributed by atoms with E-state index < -0.39 is 10.0 Å². The SMILES string of the molecule is COCCN1CC2(CCN(S(=O)(=O)C3CC3)CC2)CC1=O. The summed E-state index contributed by atoms with van der Waals surface area (Å²) in [6.45, 7) is 3.10. The Morgan fingerprint density at radius 2 is 1.95 bits per heavy atom. The summed E-state index contributed by atoms with van der Waals surface area (Å²) in [7, 11) is -1.43. The van der Waals surface area contributed by atoms with E-state index in [4.69, 9.17) is 4.74 Å². The third-order valence-electron chi connectivity index (χ3n) is 5.06. The summed E-state index contributed by atoms with van der Waals surface area (Å²) >= 11 is 0. The molecule has 3 aliphatic rings. The second-order valence-corrected chi connectivity index (χ2v) is 8.84. The van der Waals surface area contributed by atoms with Gasteiger partial charge in [-0.3, -0.25) is 4.79 Å². The van der Waals surface area contributed by atoms with Crippen molar-refractivity contribution < 1.29 is 17.9 Å². The molecule has 3 rings (SSSR count). The summed E-state index contributed by atoms with van der Waals surface area (Å²) < 4.78 is 31.2. The summed E-state index contributed by atoms with van der Waals surface area (Å²) in [6, 6.07) is 0. The lowest BCUT2D eigenvalue weighted by Crippen LogP contribution is -2.45. The summed E-state index contributed by atoms with van der Waals surface area (Å²) in [5, 5.41) is -0.130. The van der Waals surface area contributed by atoms with E-state index in [1.165, 1.54) is 0 Å². The molecule has 3 fully saturated rings. The second kappa shape index (κ2) is 5.52. The number of nitrogens with zero attached hydrogens (tertiary/aromatic N) is 2. The first-order valence-electron chi connectivity index (χ1n) is 7.73. The van der Waals surface area contributed by atoms with Crippen molar-refractivity contribution in [3.63, 3.8) is 0 Å². The Balaban J connectivity index is 1.59. The highest BCUT2D eigenvalue weighted by Gasteiger charge is 2.48.